The molecule has 0 radical (unpaired) electrons. The fourth-order valence-corrected chi connectivity index (χ4v) is 3.23. The first kappa shape index (κ1) is 20.2. The predicted molar refractivity (Wildman–Crippen MR) is 113 cm³/mol. The van der Waals surface area contributed by atoms with Crippen LogP contribution in [0.3, 0.4) is 0 Å². The van der Waals surface area contributed by atoms with E-state index < -0.39 is 17.2 Å². The first-order valence-electron chi connectivity index (χ1n) is 9.47. The van der Waals surface area contributed by atoms with Crippen LogP contribution in [0.25, 0.3) is 33.1 Å². The van der Waals surface area contributed by atoms with E-state index in [9.17, 15) is 14.4 Å². The van der Waals surface area contributed by atoms with Gasteiger partial charge in [-0.05, 0) is 31.2 Å². The van der Waals surface area contributed by atoms with Gasteiger partial charge >= 0.3 is 17.2 Å². The van der Waals surface area contributed by atoms with Crippen LogP contribution in [-0.2, 0) is 9.53 Å². The third kappa shape index (κ3) is 4.00. The Morgan fingerprint density at radius 3 is 2.58 bits per heavy atom. The van der Waals surface area contributed by atoms with Gasteiger partial charge in [0.2, 0.25) is 0 Å². The first-order chi connectivity index (χ1) is 15.0. The molecule has 2 aromatic carbocycles. The van der Waals surface area contributed by atoms with Gasteiger partial charge in [0, 0.05) is 28.5 Å². The topological polar surface area (TPSA) is 105 Å². The highest BCUT2D eigenvalue weighted by molar-refractivity contribution is 5.96. The van der Waals surface area contributed by atoms with Crippen molar-refractivity contribution in [2.75, 3.05) is 20.3 Å². The van der Waals surface area contributed by atoms with E-state index in [1.165, 1.54) is 19.2 Å². The van der Waals surface area contributed by atoms with Crippen molar-refractivity contribution in [2.45, 2.75) is 6.92 Å². The van der Waals surface area contributed by atoms with Crippen molar-refractivity contribution in [2.24, 2.45) is 0 Å². The average Bonchev–Trinajstić information content (AvgIpc) is 2.77. The van der Waals surface area contributed by atoms with Crippen molar-refractivity contribution in [3.8, 4) is 22.6 Å². The molecule has 2 heterocycles. The van der Waals surface area contributed by atoms with Crippen molar-refractivity contribution < 1.29 is 27.8 Å². The van der Waals surface area contributed by atoms with Gasteiger partial charge in [0.25, 0.3) is 0 Å². The lowest BCUT2D eigenvalue weighted by atomic mass is 10.0. The van der Waals surface area contributed by atoms with Crippen molar-refractivity contribution in [3.63, 3.8) is 0 Å². The largest absolute Gasteiger partial charge is 0.490 e. The lowest BCUT2D eigenvalue weighted by molar-refractivity contribution is -0.142. The summed E-state index contributed by atoms with van der Waals surface area (Å²) in [6.45, 7) is 1.97. The summed E-state index contributed by atoms with van der Waals surface area (Å²) in [7, 11) is 1.25. The Kier molecular flexibility index (Phi) is 5.44. The Hall–Kier alpha value is -4.07. The van der Waals surface area contributed by atoms with E-state index in [0.717, 1.165) is 0 Å². The molecule has 0 N–H and O–H groups in total. The number of carbonyl (C=O) groups excluding carboxylic acids is 1. The summed E-state index contributed by atoms with van der Waals surface area (Å²) >= 11 is 0. The molecule has 0 amide bonds. The smallest absolute Gasteiger partial charge is 0.344 e. The Balaban J connectivity index is 1.85. The van der Waals surface area contributed by atoms with Gasteiger partial charge in [-0.25, -0.2) is 14.4 Å². The molecule has 0 saturated heterocycles. The van der Waals surface area contributed by atoms with E-state index in [1.54, 1.807) is 36.4 Å². The second-order valence-electron chi connectivity index (χ2n) is 6.56. The van der Waals surface area contributed by atoms with Gasteiger partial charge in [0.05, 0.1) is 19.3 Å². The van der Waals surface area contributed by atoms with Gasteiger partial charge in [0.15, 0.2) is 17.9 Å². The monoisotopic (exact) mass is 422 g/mol. The number of carbonyl (C=O) groups is 1. The van der Waals surface area contributed by atoms with E-state index in [1.807, 2.05) is 6.92 Å². The van der Waals surface area contributed by atoms with Crippen LogP contribution in [0.15, 0.2) is 67.0 Å². The fourth-order valence-electron chi connectivity index (χ4n) is 3.23. The summed E-state index contributed by atoms with van der Waals surface area (Å²) < 4.78 is 26.2. The quantitative estimate of drug-likeness (QED) is 0.343. The lowest BCUT2D eigenvalue weighted by Gasteiger charge is -2.10. The number of hydrogen-bond acceptors (Lipinski definition) is 8. The maximum absolute atomic E-state index is 12.8. The number of benzene rings is 2. The Morgan fingerprint density at radius 1 is 0.968 bits per heavy atom. The van der Waals surface area contributed by atoms with Crippen molar-refractivity contribution in [3.05, 3.63) is 69.4 Å². The third-order valence-corrected chi connectivity index (χ3v) is 4.61. The minimum atomic E-state index is -0.643. The Labute approximate surface area is 175 Å². The van der Waals surface area contributed by atoms with E-state index >= 15 is 0 Å². The molecular formula is C23H18O8. The molecule has 0 saturated carbocycles. The molecule has 0 spiro atoms. The number of fused-ring (bicyclic) bond motifs is 2. The molecule has 0 aliphatic carbocycles. The zero-order valence-corrected chi connectivity index (χ0v) is 16.8. The van der Waals surface area contributed by atoms with E-state index in [4.69, 9.17) is 18.3 Å². The molecule has 2 aromatic heterocycles. The van der Waals surface area contributed by atoms with Crippen LogP contribution in [0.1, 0.15) is 6.92 Å². The molecule has 8 heteroatoms. The molecule has 4 rings (SSSR count). The number of rotatable bonds is 6. The second kappa shape index (κ2) is 8.35. The molecule has 31 heavy (non-hydrogen) atoms. The summed E-state index contributed by atoms with van der Waals surface area (Å²) in [4.78, 5) is 36.2. The molecular weight excluding hydrogens is 404 g/mol. The highest BCUT2D eigenvalue weighted by Crippen LogP contribution is 2.31. The number of hydrogen-bond donors (Lipinski definition) is 0. The van der Waals surface area contributed by atoms with Gasteiger partial charge in [-0.2, -0.15) is 0 Å². The lowest BCUT2D eigenvalue weighted by Crippen LogP contribution is -2.12. The maximum atomic E-state index is 12.8. The van der Waals surface area contributed by atoms with Crippen molar-refractivity contribution in [1.82, 2.24) is 0 Å². The van der Waals surface area contributed by atoms with Gasteiger partial charge in [-0.3, -0.25) is 0 Å². The van der Waals surface area contributed by atoms with Crippen LogP contribution in [-0.4, -0.2) is 26.3 Å². The molecule has 0 aliphatic rings. The van der Waals surface area contributed by atoms with Gasteiger partial charge in [-0.15, -0.1) is 0 Å². The Morgan fingerprint density at radius 2 is 1.81 bits per heavy atom. The second-order valence-corrected chi connectivity index (χ2v) is 6.56. The summed E-state index contributed by atoms with van der Waals surface area (Å²) in [6.07, 6.45) is 0. The molecule has 0 bridgehead atoms. The normalized spacial score (nSPS) is 10.9. The highest BCUT2D eigenvalue weighted by atomic mass is 16.6. The number of ether oxygens (including phenoxy) is 3. The van der Waals surface area contributed by atoms with Crippen LogP contribution in [0.5, 0.6) is 11.5 Å². The van der Waals surface area contributed by atoms with Crippen LogP contribution < -0.4 is 20.7 Å². The standard InChI is InChI=1S/C23H18O8/c1-3-28-18-6-4-5-13-9-17(23(26)31-22(13)18)16-11-20(24)30-19-10-14(7-8-15(16)19)29-12-21(25)27-2/h4-11H,3,12H2,1-2H3. The summed E-state index contributed by atoms with van der Waals surface area (Å²) in [5, 5.41) is 1.16. The zero-order valence-electron chi connectivity index (χ0n) is 16.8. The zero-order chi connectivity index (χ0) is 22.0. The minimum Gasteiger partial charge on any atom is -0.490 e. The van der Waals surface area contributed by atoms with E-state index in [2.05, 4.69) is 4.74 Å². The van der Waals surface area contributed by atoms with Crippen LogP contribution in [0, 0.1) is 0 Å². The molecule has 0 unspecified atom stereocenters. The predicted octanol–water partition coefficient (Wildman–Crippen LogP) is 3.52. The van der Waals surface area contributed by atoms with Crippen LogP contribution >= 0.6 is 0 Å². The maximum Gasteiger partial charge on any atom is 0.344 e. The molecule has 0 aliphatic heterocycles. The molecule has 158 valence electrons. The van der Waals surface area contributed by atoms with Gasteiger partial charge < -0.3 is 23.0 Å². The molecule has 8 nitrogen and oxygen atoms in total. The number of methoxy groups -OCH3 is 1. The minimum absolute atomic E-state index is 0.201. The van der Waals surface area contributed by atoms with Crippen LogP contribution in [0.4, 0.5) is 0 Å². The Bertz CT molecular complexity index is 1400. The van der Waals surface area contributed by atoms with Crippen molar-refractivity contribution >= 4 is 27.9 Å². The van der Waals surface area contributed by atoms with Crippen molar-refractivity contribution in [1.29, 1.82) is 0 Å². The van der Waals surface area contributed by atoms with E-state index in [0.29, 0.717) is 40.0 Å². The SMILES string of the molecule is CCOc1cccc2cc(-c3cc(=O)oc4cc(OCC(=O)OC)ccc34)c(=O)oc12. The summed E-state index contributed by atoms with van der Waals surface area (Å²) in [5.74, 6) is 0.231. The highest BCUT2D eigenvalue weighted by Gasteiger charge is 2.16. The molecule has 0 fully saturated rings. The molecule has 4 aromatic rings. The average molecular weight is 422 g/mol. The van der Waals surface area contributed by atoms with E-state index in [-0.39, 0.29) is 17.8 Å². The van der Waals surface area contributed by atoms with Gasteiger partial charge in [-0.1, -0.05) is 12.1 Å². The summed E-state index contributed by atoms with van der Waals surface area (Å²) in [5.41, 5.74) is -0.144. The number of para-hydroxylation sites is 1. The number of esters is 1. The molecule has 0 atom stereocenters. The van der Waals surface area contributed by atoms with Crippen LogP contribution in [0.2, 0.25) is 0 Å². The first-order valence-corrected chi connectivity index (χ1v) is 9.47. The third-order valence-electron chi connectivity index (χ3n) is 4.61. The van der Waals surface area contributed by atoms with Gasteiger partial charge in [0.1, 0.15) is 11.3 Å². The fraction of sp³-hybridized carbons (Fsp3) is 0.174. The summed E-state index contributed by atoms with van der Waals surface area (Å²) in [6, 6.07) is 12.9.